The lowest BCUT2D eigenvalue weighted by atomic mass is 10.0. The summed E-state index contributed by atoms with van der Waals surface area (Å²) in [5.41, 5.74) is 0.928. The Labute approximate surface area is 125 Å². The quantitative estimate of drug-likeness (QED) is 0.645. The molecule has 1 aromatic carbocycles. The van der Waals surface area contributed by atoms with Gasteiger partial charge in [0.1, 0.15) is 5.82 Å². The zero-order chi connectivity index (χ0) is 15.7. The summed E-state index contributed by atoms with van der Waals surface area (Å²) >= 11 is 0. The highest BCUT2D eigenvalue weighted by atomic mass is 19.1. The standard InChI is InChI=1S/C16H25FN2O2/c1-12(2)15(8-10-20)19-16(21)18-9-4-6-13-5-3-7-14(17)11-13/h3,5,7,11-12,15,20H,4,6,8-10H2,1-2H3,(H2,18,19,21). The minimum Gasteiger partial charge on any atom is -0.396 e. The van der Waals surface area contributed by atoms with Crippen molar-refractivity contribution in [2.24, 2.45) is 5.92 Å². The molecule has 3 N–H and O–H groups in total. The minimum atomic E-state index is -0.234. The largest absolute Gasteiger partial charge is 0.396 e. The number of rotatable bonds is 8. The van der Waals surface area contributed by atoms with Crippen LogP contribution in [0.15, 0.2) is 24.3 Å². The molecule has 0 heterocycles. The van der Waals surface area contributed by atoms with Crippen molar-refractivity contribution in [1.82, 2.24) is 10.6 Å². The third-order valence-electron chi connectivity index (χ3n) is 3.38. The highest BCUT2D eigenvalue weighted by molar-refractivity contribution is 5.74. The third kappa shape index (κ3) is 7.09. The normalized spacial score (nSPS) is 12.2. The van der Waals surface area contributed by atoms with Crippen LogP contribution in [0, 0.1) is 11.7 Å². The Bertz CT molecular complexity index is 438. The van der Waals surface area contributed by atoms with E-state index < -0.39 is 0 Å². The van der Waals surface area contributed by atoms with Crippen LogP contribution < -0.4 is 10.6 Å². The summed E-state index contributed by atoms with van der Waals surface area (Å²) in [5, 5.41) is 14.6. The van der Waals surface area contributed by atoms with Crippen LogP contribution in [0.3, 0.4) is 0 Å². The molecule has 1 rings (SSSR count). The fourth-order valence-electron chi connectivity index (χ4n) is 2.12. The molecule has 0 aromatic heterocycles. The van der Waals surface area contributed by atoms with Gasteiger partial charge in [-0.1, -0.05) is 26.0 Å². The lowest BCUT2D eigenvalue weighted by Crippen LogP contribution is -2.45. The molecule has 1 unspecified atom stereocenters. The van der Waals surface area contributed by atoms with E-state index in [1.54, 1.807) is 6.07 Å². The molecule has 21 heavy (non-hydrogen) atoms. The van der Waals surface area contributed by atoms with Crippen LogP contribution >= 0.6 is 0 Å². The number of nitrogens with one attached hydrogen (secondary N) is 2. The molecule has 118 valence electrons. The molecule has 1 aromatic rings. The summed E-state index contributed by atoms with van der Waals surface area (Å²) in [5.74, 6) is 0.0391. The first-order valence-electron chi connectivity index (χ1n) is 7.42. The number of carbonyl (C=O) groups excluding carboxylic acids is 1. The Morgan fingerprint density at radius 2 is 2.14 bits per heavy atom. The summed E-state index contributed by atoms with van der Waals surface area (Å²) in [6, 6.07) is 6.24. The summed E-state index contributed by atoms with van der Waals surface area (Å²) < 4.78 is 13.0. The fraction of sp³-hybridized carbons (Fsp3) is 0.562. The average molecular weight is 296 g/mol. The monoisotopic (exact) mass is 296 g/mol. The molecule has 0 saturated heterocycles. The van der Waals surface area contributed by atoms with E-state index in [4.69, 9.17) is 5.11 Å². The van der Waals surface area contributed by atoms with Gasteiger partial charge in [0.25, 0.3) is 0 Å². The van der Waals surface area contributed by atoms with Crippen LogP contribution in [0.1, 0.15) is 32.3 Å². The van der Waals surface area contributed by atoms with Crippen LogP contribution in [0.5, 0.6) is 0 Å². The van der Waals surface area contributed by atoms with Gasteiger partial charge in [0.15, 0.2) is 0 Å². The Morgan fingerprint density at radius 1 is 1.38 bits per heavy atom. The number of urea groups is 1. The third-order valence-corrected chi connectivity index (χ3v) is 3.38. The Morgan fingerprint density at radius 3 is 2.76 bits per heavy atom. The lowest BCUT2D eigenvalue weighted by molar-refractivity contribution is 0.219. The molecule has 0 radical (unpaired) electrons. The van der Waals surface area contributed by atoms with E-state index in [9.17, 15) is 9.18 Å². The second-order valence-corrected chi connectivity index (χ2v) is 5.50. The van der Waals surface area contributed by atoms with Crippen molar-refractivity contribution in [3.8, 4) is 0 Å². The van der Waals surface area contributed by atoms with Gasteiger partial charge in [0, 0.05) is 19.2 Å². The molecular weight excluding hydrogens is 271 g/mol. The van der Waals surface area contributed by atoms with Gasteiger partial charge in [0.05, 0.1) is 0 Å². The molecule has 0 saturated carbocycles. The van der Waals surface area contributed by atoms with E-state index in [1.807, 2.05) is 19.9 Å². The Hall–Kier alpha value is -1.62. The van der Waals surface area contributed by atoms with Gasteiger partial charge >= 0.3 is 6.03 Å². The van der Waals surface area contributed by atoms with Crippen molar-refractivity contribution in [3.63, 3.8) is 0 Å². The van der Waals surface area contributed by atoms with E-state index >= 15 is 0 Å². The van der Waals surface area contributed by atoms with Crippen molar-refractivity contribution >= 4 is 6.03 Å². The molecule has 0 aliphatic carbocycles. The van der Waals surface area contributed by atoms with Crippen LogP contribution in [0.4, 0.5) is 9.18 Å². The zero-order valence-corrected chi connectivity index (χ0v) is 12.7. The van der Waals surface area contributed by atoms with Crippen LogP contribution in [-0.2, 0) is 6.42 Å². The number of halogens is 1. The van der Waals surface area contributed by atoms with Crippen LogP contribution in [0.2, 0.25) is 0 Å². The van der Waals surface area contributed by atoms with Gasteiger partial charge in [-0.25, -0.2) is 9.18 Å². The second-order valence-electron chi connectivity index (χ2n) is 5.50. The van der Waals surface area contributed by atoms with Crippen LogP contribution in [0.25, 0.3) is 0 Å². The molecule has 0 fully saturated rings. The van der Waals surface area contributed by atoms with E-state index in [0.29, 0.717) is 13.0 Å². The van der Waals surface area contributed by atoms with E-state index in [0.717, 1.165) is 18.4 Å². The van der Waals surface area contributed by atoms with Gasteiger partial charge in [-0.3, -0.25) is 0 Å². The topological polar surface area (TPSA) is 61.4 Å². The molecular formula is C16H25FN2O2. The number of aliphatic hydroxyl groups is 1. The fourth-order valence-corrected chi connectivity index (χ4v) is 2.12. The van der Waals surface area contributed by atoms with E-state index in [1.165, 1.54) is 12.1 Å². The predicted molar refractivity (Wildman–Crippen MR) is 81.6 cm³/mol. The summed E-state index contributed by atoms with van der Waals surface area (Å²) in [6.45, 7) is 4.60. The Balaban J connectivity index is 2.24. The lowest BCUT2D eigenvalue weighted by Gasteiger charge is -2.21. The average Bonchev–Trinajstić information content (AvgIpc) is 2.43. The molecule has 4 nitrogen and oxygen atoms in total. The maximum atomic E-state index is 13.0. The number of amides is 2. The number of hydrogen-bond acceptors (Lipinski definition) is 2. The molecule has 0 bridgehead atoms. The summed E-state index contributed by atoms with van der Waals surface area (Å²) in [4.78, 5) is 11.7. The minimum absolute atomic E-state index is 0.0294. The highest BCUT2D eigenvalue weighted by Gasteiger charge is 2.14. The predicted octanol–water partition coefficient (Wildman–Crippen LogP) is 2.46. The van der Waals surface area contributed by atoms with E-state index in [-0.39, 0.29) is 30.4 Å². The zero-order valence-electron chi connectivity index (χ0n) is 12.7. The van der Waals surface area contributed by atoms with Gasteiger partial charge in [0.2, 0.25) is 0 Å². The first kappa shape index (κ1) is 17.4. The summed E-state index contributed by atoms with van der Waals surface area (Å²) in [6.07, 6.45) is 2.03. The maximum Gasteiger partial charge on any atom is 0.315 e. The molecule has 5 heteroatoms. The molecule has 0 aliphatic rings. The molecule has 0 spiro atoms. The van der Waals surface area contributed by atoms with Gasteiger partial charge in [-0.05, 0) is 42.9 Å². The smallest absolute Gasteiger partial charge is 0.315 e. The van der Waals surface area contributed by atoms with E-state index in [2.05, 4.69) is 10.6 Å². The number of aryl methyl sites for hydroxylation is 1. The number of carbonyl (C=O) groups is 1. The number of benzene rings is 1. The van der Waals surface area contributed by atoms with Crippen molar-refractivity contribution in [2.45, 2.75) is 39.2 Å². The van der Waals surface area contributed by atoms with Gasteiger partial charge in [-0.15, -0.1) is 0 Å². The SMILES string of the molecule is CC(C)C(CCO)NC(=O)NCCCc1cccc(F)c1. The molecule has 0 aliphatic heterocycles. The first-order valence-corrected chi connectivity index (χ1v) is 7.42. The Kier molecular flexibility index (Phi) is 7.75. The molecule has 2 amide bonds. The van der Waals surface area contributed by atoms with Gasteiger partial charge in [-0.2, -0.15) is 0 Å². The van der Waals surface area contributed by atoms with Crippen molar-refractivity contribution < 1.29 is 14.3 Å². The number of hydrogen-bond donors (Lipinski definition) is 3. The first-order chi connectivity index (χ1) is 10.0. The molecule has 1 atom stereocenters. The highest BCUT2D eigenvalue weighted by Crippen LogP contribution is 2.06. The maximum absolute atomic E-state index is 13.0. The number of aliphatic hydroxyl groups excluding tert-OH is 1. The van der Waals surface area contributed by atoms with Crippen molar-refractivity contribution in [3.05, 3.63) is 35.6 Å². The van der Waals surface area contributed by atoms with Gasteiger partial charge < -0.3 is 15.7 Å². The second kappa shape index (κ2) is 9.34. The summed E-state index contributed by atoms with van der Waals surface area (Å²) in [7, 11) is 0. The van der Waals surface area contributed by atoms with Crippen LogP contribution in [-0.4, -0.2) is 30.3 Å². The van der Waals surface area contributed by atoms with Crippen molar-refractivity contribution in [1.29, 1.82) is 0 Å². The van der Waals surface area contributed by atoms with Crippen molar-refractivity contribution in [2.75, 3.05) is 13.2 Å².